The molecule has 0 unspecified atom stereocenters. The lowest BCUT2D eigenvalue weighted by molar-refractivity contribution is -0.135. The van der Waals surface area contributed by atoms with Gasteiger partial charge in [0.15, 0.2) is 6.29 Å². The van der Waals surface area contributed by atoms with Crippen molar-refractivity contribution < 1.29 is 14.7 Å². The number of aldehydes is 1. The van der Waals surface area contributed by atoms with Crippen LogP contribution in [-0.4, -0.2) is 17.4 Å². The van der Waals surface area contributed by atoms with E-state index in [-0.39, 0.29) is 6.42 Å². The van der Waals surface area contributed by atoms with E-state index >= 15 is 0 Å². The average molecular weight is 238 g/mol. The Kier molecular flexibility index (Phi) is 3.40. The summed E-state index contributed by atoms with van der Waals surface area (Å²) in [7, 11) is 0. The number of hydrogen-bond acceptors (Lipinski definition) is 2. The van der Waals surface area contributed by atoms with Gasteiger partial charge in [0, 0.05) is 11.1 Å². The molecule has 0 aliphatic carbocycles. The first kappa shape index (κ1) is 11.9. The summed E-state index contributed by atoms with van der Waals surface area (Å²) in [6.45, 7) is 0. The van der Waals surface area contributed by atoms with Gasteiger partial charge in [-0.05, 0) is 16.8 Å². The van der Waals surface area contributed by atoms with Gasteiger partial charge in [-0.25, -0.2) is 0 Å². The Morgan fingerprint density at radius 3 is 2.72 bits per heavy atom. The van der Waals surface area contributed by atoms with Crippen molar-refractivity contribution in [3.8, 4) is 11.8 Å². The zero-order valence-corrected chi connectivity index (χ0v) is 9.51. The third-order valence-electron chi connectivity index (χ3n) is 2.54. The van der Waals surface area contributed by atoms with Crippen molar-refractivity contribution >= 4 is 23.0 Å². The fourth-order valence-corrected chi connectivity index (χ4v) is 1.73. The van der Waals surface area contributed by atoms with Crippen LogP contribution in [0.2, 0.25) is 0 Å². The lowest BCUT2D eigenvalue weighted by Crippen LogP contribution is -1.92. The number of fused-ring (bicyclic) bond motifs is 1. The van der Waals surface area contributed by atoms with Crippen LogP contribution in [0.15, 0.2) is 36.4 Å². The van der Waals surface area contributed by atoms with Crippen LogP contribution >= 0.6 is 0 Å². The predicted molar refractivity (Wildman–Crippen MR) is 68.5 cm³/mol. The fraction of sp³-hybridized carbons (Fsp3) is 0.0667. The highest BCUT2D eigenvalue weighted by Crippen LogP contribution is 2.20. The lowest BCUT2D eigenvalue weighted by Gasteiger charge is -2.03. The van der Waals surface area contributed by atoms with E-state index < -0.39 is 5.97 Å². The smallest absolute Gasteiger partial charge is 0.315 e. The Balaban J connectivity index is 2.60. The highest BCUT2D eigenvalue weighted by molar-refractivity contribution is 5.95. The molecule has 3 heteroatoms. The summed E-state index contributed by atoms with van der Waals surface area (Å²) in [5, 5.41) is 10.4. The molecule has 1 N–H and O–H groups in total. The van der Waals surface area contributed by atoms with Crippen molar-refractivity contribution in [3.63, 3.8) is 0 Å². The Morgan fingerprint density at radius 1 is 1.22 bits per heavy atom. The summed E-state index contributed by atoms with van der Waals surface area (Å²) in [5.41, 5.74) is 1.07. The maximum Gasteiger partial charge on any atom is 0.315 e. The molecule has 0 spiro atoms. The maximum absolute atomic E-state index is 11.0. The first-order valence-electron chi connectivity index (χ1n) is 5.40. The Hall–Kier alpha value is -2.60. The number of rotatable bonds is 2. The molecule has 0 radical (unpaired) electrons. The monoisotopic (exact) mass is 238 g/mol. The molecule has 0 aliphatic heterocycles. The van der Waals surface area contributed by atoms with Gasteiger partial charge in [0.2, 0.25) is 0 Å². The van der Waals surface area contributed by atoms with Crippen LogP contribution in [0.25, 0.3) is 10.8 Å². The van der Waals surface area contributed by atoms with Crippen LogP contribution in [0.5, 0.6) is 0 Å². The minimum Gasteiger partial charge on any atom is -0.481 e. The molecule has 0 heterocycles. The van der Waals surface area contributed by atoms with Gasteiger partial charge < -0.3 is 5.11 Å². The first-order valence-corrected chi connectivity index (χ1v) is 5.40. The SMILES string of the molecule is O=Cc1ccc2ccccc2c1C#CCC(=O)O. The van der Waals surface area contributed by atoms with Crippen LogP contribution < -0.4 is 0 Å². The highest BCUT2D eigenvalue weighted by atomic mass is 16.4. The number of carboxylic acids is 1. The van der Waals surface area contributed by atoms with E-state index in [4.69, 9.17) is 5.11 Å². The van der Waals surface area contributed by atoms with Crippen molar-refractivity contribution in [1.29, 1.82) is 0 Å². The standard InChI is InChI=1S/C15H10O3/c16-10-12-9-8-11-4-1-2-5-13(11)14(12)6-3-7-15(17)18/h1-2,4-5,8-10H,7H2,(H,17,18). The first-order chi connectivity index (χ1) is 8.72. The number of carbonyl (C=O) groups excluding carboxylic acids is 1. The molecule has 0 amide bonds. The van der Waals surface area contributed by atoms with E-state index in [1.165, 1.54) is 0 Å². The predicted octanol–water partition coefficient (Wildman–Crippen LogP) is 2.48. The molecule has 0 aromatic heterocycles. The Morgan fingerprint density at radius 2 is 2.00 bits per heavy atom. The van der Waals surface area contributed by atoms with Gasteiger partial charge >= 0.3 is 5.97 Å². The van der Waals surface area contributed by atoms with E-state index in [2.05, 4.69) is 11.8 Å². The number of hydrogen-bond donors (Lipinski definition) is 1. The molecule has 0 fully saturated rings. The Bertz CT molecular complexity index is 675. The van der Waals surface area contributed by atoms with Crippen molar-refractivity contribution in [1.82, 2.24) is 0 Å². The third kappa shape index (κ3) is 2.38. The molecule has 2 aromatic rings. The van der Waals surface area contributed by atoms with Crippen molar-refractivity contribution in [2.45, 2.75) is 6.42 Å². The highest BCUT2D eigenvalue weighted by Gasteiger charge is 2.04. The molecule has 0 bridgehead atoms. The molecule has 0 saturated carbocycles. The van der Waals surface area contributed by atoms with Gasteiger partial charge in [-0.1, -0.05) is 42.2 Å². The normalized spacial score (nSPS) is 9.56. The van der Waals surface area contributed by atoms with Crippen LogP contribution in [0.1, 0.15) is 22.3 Å². The van der Waals surface area contributed by atoms with Gasteiger partial charge in [-0.3, -0.25) is 9.59 Å². The minimum atomic E-state index is -0.976. The molecule has 2 aromatic carbocycles. The summed E-state index contributed by atoms with van der Waals surface area (Å²) < 4.78 is 0. The minimum absolute atomic E-state index is 0.235. The molecule has 3 nitrogen and oxygen atoms in total. The quantitative estimate of drug-likeness (QED) is 0.646. The molecule has 18 heavy (non-hydrogen) atoms. The van der Waals surface area contributed by atoms with Crippen LogP contribution in [0.4, 0.5) is 0 Å². The van der Waals surface area contributed by atoms with E-state index in [1.54, 1.807) is 6.07 Å². The number of carboxylic acid groups (broad SMARTS) is 1. The second-order valence-electron chi connectivity index (χ2n) is 3.74. The molecular weight excluding hydrogens is 228 g/mol. The molecule has 88 valence electrons. The van der Waals surface area contributed by atoms with E-state index in [1.807, 2.05) is 30.3 Å². The average Bonchev–Trinajstić information content (AvgIpc) is 2.38. The molecule has 0 saturated heterocycles. The molecule has 0 atom stereocenters. The molecule has 2 rings (SSSR count). The summed E-state index contributed by atoms with van der Waals surface area (Å²) in [5.74, 6) is 4.36. The van der Waals surface area contributed by atoms with Crippen LogP contribution in [-0.2, 0) is 4.79 Å². The largest absolute Gasteiger partial charge is 0.481 e. The van der Waals surface area contributed by atoms with Gasteiger partial charge in [0.25, 0.3) is 0 Å². The van der Waals surface area contributed by atoms with E-state index in [0.29, 0.717) is 11.1 Å². The van der Waals surface area contributed by atoms with Gasteiger partial charge in [0.05, 0.1) is 0 Å². The second-order valence-corrected chi connectivity index (χ2v) is 3.74. The second kappa shape index (κ2) is 5.15. The topological polar surface area (TPSA) is 54.4 Å². The zero-order valence-electron chi connectivity index (χ0n) is 9.51. The molecular formula is C15H10O3. The summed E-state index contributed by atoms with van der Waals surface area (Å²) >= 11 is 0. The lowest BCUT2D eigenvalue weighted by atomic mass is 10.00. The van der Waals surface area contributed by atoms with Gasteiger partial charge in [-0.2, -0.15) is 0 Å². The van der Waals surface area contributed by atoms with Crippen molar-refractivity contribution in [3.05, 3.63) is 47.5 Å². The fourth-order valence-electron chi connectivity index (χ4n) is 1.73. The summed E-state index contributed by atoms with van der Waals surface area (Å²) in [6, 6.07) is 11.1. The van der Waals surface area contributed by atoms with Crippen molar-refractivity contribution in [2.75, 3.05) is 0 Å². The summed E-state index contributed by atoms with van der Waals surface area (Å²) in [4.78, 5) is 21.4. The van der Waals surface area contributed by atoms with E-state index in [9.17, 15) is 9.59 Å². The number of carbonyl (C=O) groups is 2. The van der Waals surface area contributed by atoms with Gasteiger partial charge in [-0.15, -0.1) is 0 Å². The zero-order chi connectivity index (χ0) is 13.0. The van der Waals surface area contributed by atoms with Crippen LogP contribution in [0.3, 0.4) is 0 Å². The van der Waals surface area contributed by atoms with Crippen LogP contribution in [0, 0.1) is 11.8 Å². The number of aliphatic carboxylic acids is 1. The third-order valence-corrected chi connectivity index (χ3v) is 2.54. The Labute approximate surface area is 104 Å². The van der Waals surface area contributed by atoms with E-state index in [0.717, 1.165) is 17.1 Å². The maximum atomic E-state index is 11.0. The van der Waals surface area contributed by atoms with Gasteiger partial charge in [0.1, 0.15) is 6.42 Å². The number of benzene rings is 2. The summed E-state index contributed by atoms with van der Waals surface area (Å²) in [6.07, 6.45) is 0.499. The molecule has 0 aliphatic rings. The van der Waals surface area contributed by atoms with Crippen molar-refractivity contribution in [2.24, 2.45) is 0 Å².